The zero-order valence-electron chi connectivity index (χ0n) is 12.9. The molecule has 0 radical (unpaired) electrons. The van der Waals surface area contributed by atoms with Crippen molar-refractivity contribution in [3.8, 4) is 5.75 Å². The second-order valence-electron chi connectivity index (χ2n) is 5.25. The summed E-state index contributed by atoms with van der Waals surface area (Å²) in [6.45, 7) is 4.70. The van der Waals surface area contributed by atoms with Gasteiger partial charge in [0.15, 0.2) is 0 Å². The minimum atomic E-state index is -0.928. The van der Waals surface area contributed by atoms with Gasteiger partial charge in [-0.15, -0.1) is 0 Å². The Morgan fingerprint density at radius 3 is 2.50 bits per heavy atom. The number of hydrogen-bond donors (Lipinski definition) is 1. The zero-order chi connectivity index (χ0) is 15.9. The molecule has 2 aromatic rings. The molecule has 1 N–H and O–H groups in total. The standard InChI is InChI=1S/C19H20O3/c1-14-6-3-7-15(2)18(14)13-22-17-10-4-8-16(12-17)9-5-11-19(20)21/h3-8,10-12H,9,13H2,1-2H3,(H,20,21). The Hall–Kier alpha value is -2.55. The van der Waals surface area contributed by atoms with Gasteiger partial charge in [-0.25, -0.2) is 4.79 Å². The quantitative estimate of drug-likeness (QED) is 0.817. The van der Waals surface area contributed by atoms with Gasteiger partial charge in [-0.3, -0.25) is 0 Å². The maximum atomic E-state index is 10.5. The summed E-state index contributed by atoms with van der Waals surface area (Å²) in [4.78, 5) is 10.5. The van der Waals surface area contributed by atoms with Crippen molar-refractivity contribution in [3.63, 3.8) is 0 Å². The molecule has 0 bridgehead atoms. The highest BCUT2D eigenvalue weighted by molar-refractivity contribution is 5.79. The number of benzene rings is 2. The lowest BCUT2D eigenvalue weighted by molar-refractivity contribution is -0.131. The Morgan fingerprint density at radius 1 is 1.14 bits per heavy atom. The summed E-state index contributed by atoms with van der Waals surface area (Å²) in [5.74, 6) is -0.133. The van der Waals surface area contributed by atoms with E-state index in [1.807, 2.05) is 30.3 Å². The fraction of sp³-hybridized carbons (Fsp3) is 0.211. The van der Waals surface area contributed by atoms with E-state index >= 15 is 0 Å². The lowest BCUT2D eigenvalue weighted by atomic mass is 10.0. The maximum Gasteiger partial charge on any atom is 0.327 e. The summed E-state index contributed by atoms with van der Waals surface area (Å²) in [5.41, 5.74) is 4.68. The van der Waals surface area contributed by atoms with Crippen LogP contribution in [0.25, 0.3) is 0 Å². The van der Waals surface area contributed by atoms with Crippen LogP contribution < -0.4 is 4.74 Å². The van der Waals surface area contributed by atoms with Crippen LogP contribution in [0.3, 0.4) is 0 Å². The molecule has 3 heteroatoms. The number of aliphatic carboxylic acids is 1. The first kappa shape index (κ1) is 15.8. The van der Waals surface area contributed by atoms with E-state index in [-0.39, 0.29) is 0 Å². The van der Waals surface area contributed by atoms with Crippen molar-refractivity contribution in [2.75, 3.05) is 0 Å². The zero-order valence-corrected chi connectivity index (χ0v) is 12.9. The third kappa shape index (κ3) is 4.48. The number of rotatable bonds is 6. The lowest BCUT2D eigenvalue weighted by Gasteiger charge is -2.12. The first-order valence-electron chi connectivity index (χ1n) is 7.22. The minimum absolute atomic E-state index is 0.535. The number of allylic oxidation sites excluding steroid dienone is 1. The van der Waals surface area contributed by atoms with Gasteiger partial charge in [-0.2, -0.15) is 0 Å². The van der Waals surface area contributed by atoms with Crippen molar-refractivity contribution in [1.29, 1.82) is 0 Å². The molecule has 0 spiro atoms. The Bertz CT molecular complexity index is 667. The van der Waals surface area contributed by atoms with Gasteiger partial charge in [-0.1, -0.05) is 36.4 Å². The number of aryl methyl sites for hydroxylation is 2. The summed E-state index contributed by atoms with van der Waals surface area (Å²) in [5, 5.41) is 8.60. The van der Waals surface area contributed by atoms with Crippen LogP contribution in [-0.4, -0.2) is 11.1 Å². The van der Waals surface area contributed by atoms with E-state index in [4.69, 9.17) is 9.84 Å². The van der Waals surface area contributed by atoms with Gasteiger partial charge in [0, 0.05) is 6.08 Å². The number of hydrogen-bond acceptors (Lipinski definition) is 2. The summed E-state index contributed by atoms with van der Waals surface area (Å²) in [6.07, 6.45) is 3.37. The minimum Gasteiger partial charge on any atom is -0.489 e. The van der Waals surface area contributed by atoms with E-state index in [2.05, 4.69) is 26.0 Å². The molecule has 0 fully saturated rings. The average molecular weight is 296 g/mol. The summed E-state index contributed by atoms with van der Waals surface area (Å²) in [6, 6.07) is 13.9. The molecule has 2 aromatic carbocycles. The van der Waals surface area contributed by atoms with Crippen LogP contribution in [0.2, 0.25) is 0 Å². The molecule has 0 saturated heterocycles. The van der Waals surface area contributed by atoms with Crippen LogP contribution in [0.15, 0.2) is 54.6 Å². The fourth-order valence-corrected chi connectivity index (χ4v) is 2.29. The molecular weight excluding hydrogens is 276 g/mol. The second-order valence-corrected chi connectivity index (χ2v) is 5.25. The number of carbonyl (C=O) groups is 1. The van der Waals surface area contributed by atoms with Gasteiger partial charge < -0.3 is 9.84 Å². The highest BCUT2D eigenvalue weighted by Gasteiger charge is 2.03. The van der Waals surface area contributed by atoms with Crippen molar-refractivity contribution < 1.29 is 14.6 Å². The molecule has 22 heavy (non-hydrogen) atoms. The monoisotopic (exact) mass is 296 g/mol. The molecule has 0 aliphatic rings. The Labute approximate surface area is 130 Å². The predicted molar refractivity (Wildman–Crippen MR) is 87.2 cm³/mol. The summed E-state index contributed by atoms with van der Waals surface area (Å²) in [7, 11) is 0. The summed E-state index contributed by atoms with van der Waals surface area (Å²) >= 11 is 0. The van der Waals surface area contributed by atoms with Crippen LogP contribution in [0, 0.1) is 13.8 Å². The number of carboxylic acids is 1. The molecule has 2 rings (SSSR count). The van der Waals surface area contributed by atoms with Crippen molar-refractivity contribution in [2.45, 2.75) is 26.9 Å². The fourth-order valence-electron chi connectivity index (χ4n) is 2.29. The number of carboxylic acid groups (broad SMARTS) is 1. The number of ether oxygens (including phenoxy) is 1. The highest BCUT2D eigenvalue weighted by atomic mass is 16.5. The van der Waals surface area contributed by atoms with Gasteiger partial charge >= 0.3 is 5.97 Å². The maximum absolute atomic E-state index is 10.5. The molecule has 0 saturated carbocycles. The molecule has 0 aliphatic heterocycles. The van der Waals surface area contributed by atoms with Gasteiger partial charge in [0.2, 0.25) is 0 Å². The van der Waals surface area contributed by atoms with Gasteiger partial charge in [-0.05, 0) is 54.7 Å². The van der Waals surface area contributed by atoms with Crippen LogP contribution >= 0.6 is 0 Å². The van der Waals surface area contributed by atoms with Crippen LogP contribution in [0.4, 0.5) is 0 Å². The van der Waals surface area contributed by atoms with E-state index in [9.17, 15) is 4.79 Å². The van der Waals surface area contributed by atoms with Crippen LogP contribution in [-0.2, 0) is 17.8 Å². The van der Waals surface area contributed by atoms with Gasteiger partial charge in [0.05, 0.1) is 0 Å². The highest BCUT2D eigenvalue weighted by Crippen LogP contribution is 2.19. The average Bonchev–Trinajstić information content (AvgIpc) is 2.47. The predicted octanol–water partition coefficient (Wildman–Crippen LogP) is 4.07. The van der Waals surface area contributed by atoms with E-state index in [0.29, 0.717) is 13.0 Å². The first-order valence-corrected chi connectivity index (χ1v) is 7.22. The Morgan fingerprint density at radius 2 is 1.82 bits per heavy atom. The smallest absolute Gasteiger partial charge is 0.327 e. The van der Waals surface area contributed by atoms with Crippen LogP contribution in [0.1, 0.15) is 22.3 Å². The molecule has 0 amide bonds. The van der Waals surface area contributed by atoms with Crippen LogP contribution in [0.5, 0.6) is 5.75 Å². The van der Waals surface area contributed by atoms with E-state index < -0.39 is 5.97 Å². The third-order valence-corrected chi connectivity index (χ3v) is 3.54. The van der Waals surface area contributed by atoms with Crippen molar-refractivity contribution in [3.05, 3.63) is 76.9 Å². The topological polar surface area (TPSA) is 46.5 Å². The SMILES string of the molecule is Cc1cccc(C)c1COc1cccc(CC=CC(=O)O)c1. The Balaban J connectivity index is 2.03. The molecule has 0 unspecified atom stereocenters. The molecule has 3 nitrogen and oxygen atoms in total. The van der Waals surface area contributed by atoms with E-state index in [0.717, 1.165) is 17.4 Å². The molecule has 0 aromatic heterocycles. The van der Waals surface area contributed by atoms with E-state index in [1.165, 1.54) is 16.7 Å². The van der Waals surface area contributed by atoms with Crippen molar-refractivity contribution >= 4 is 5.97 Å². The second kappa shape index (κ2) is 7.46. The molecule has 0 aliphatic carbocycles. The molecule has 0 atom stereocenters. The van der Waals surface area contributed by atoms with Crippen molar-refractivity contribution in [1.82, 2.24) is 0 Å². The lowest BCUT2D eigenvalue weighted by Crippen LogP contribution is -2.00. The Kier molecular flexibility index (Phi) is 5.37. The first-order chi connectivity index (χ1) is 10.6. The van der Waals surface area contributed by atoms with Gasteiger partial charge in [0.25, 0.3) is 0 Å². The largest absolute Gasteiger partial charge is 0.489 e. The molecule has 114 valence electrons. The van der Waals surface area contributed by atoms with E-state index in [1.54, 1.807) is 6.08 Å². The molecular formula is C19H20O3. The van der Waals surface area contributed by atoms with Gasteiger partial charge in [0.1, 0.15) is 12.4 Å². The third-order valence-electron chi connectivity index (χ3n) is 3.54. The normalized spacial score (nSPS) is 10.8. The summed E-state index contributed by atoms with van der Waals surface area (Å²) < 4.78 is 5.88. The van der Waals surface area contributed by atoms with Crippen molar-refractivity contribution in [2.24, 2.45) is 0 Å². The molecule has 0 heterocycles.